The molecule has 2 aromatic heterocycles. The Morgan fingerprint density at radius 3 is 2.66 bits per heavy atom. The van der Waals surface area contributed by atoms with Crippen LogP contribution in [0.5, 0.6) is 5.88 Å². The molecule has 4 rings (SSSR count). The van der Waals surface area contributed by atoms with Crippen LogP contribution in [-0.2, 0) is 0 Å². The van der Waals surface area contributed by atoms with Gasteiger partial charge in [-0.2, -0.15) is 4.52 Å². The van der Waals surface area contributed by atoms with Crippen LogP contribution in [0.4, 0.5) is 10.1 Å². The van der Waals surface area contributed by atoms with Crippen molar-refractivity contribution in [3.8, 4) is 17.3 Å². The first-order chi connectivity index (χ1) is 15.4. The standard InChI is InChI=1S/C21H17FN6O4/c1-13-12-15(4-7-17(13)28(30)31)21(29)23-10-11-32-19-9-8-18-24-25-20(27(18)26-19)14-2-5-16(22)6-3-14/h2-9,12H,10-11H2,1H3,(H,23,29). The largest absolute Gasteiger partial charge is 0.475 e. The van der Waals surface area contributed by atoms with Crippen LogP contribution in [0, 0.1) is 22.9 Å². The molecular formula is C21H17FN6O4. The van der Waals surface area contributed by atoms with Crippen LogP contribution in [0.1, 0.15) is 15.9 Å². The molecule has 0 spiro atoms. The van der Waals surface area contributed by atoms with Gasteiger partial charge >= 0.3 is 0 Å². The Morgan fingerprint density at radius 2 is 1.94 bits per heavy atom. The first-order valence-corrected chi connectivity index (χ1v) is 9.57. The number of hydrogen-bond acceptors (Lipinski definition) is 7. The topological polar surface area (TPSA) is 125 Å². The molecule has 11 heteroatoms. The molecule has 0 aliphatic carbocycles. The highest BCUT2D eigenvalue weighted by atomic mass is 19.1. The number of benzene rings is 2. The van der Waals surface area contributed by atoms with Gasteiger partial charge in [-0.15, -0.1) is 15.3 Å². The fourth-order valence-electron chi connectivity index (χ4n) is 3.05. The first-order valence-electron chi connectivity index (χ1n) is 9.57. The number of carbonyl (C=O) groups is 1. The molecule has 0 aliphatic rings. The lowest BCUT2D eigenvalue weighted by Crippen LogP contribution is -2.28. The molecule has 32 heavy (non-hydrogen) atoms. The summed E-state index contributed by atoms with van der Waals surface area (Å²) in [4.78, 5) is 22.6. The van der Waals surface area contributed by atoms with Gasteiger partial charge in [-0.05, 0) is 49.4 Å². The van der Waals surface area contributed by atoms with E-state index in [0.717, 1.165) is 0 Å². The fraction of sp³-hybridized carbons (Fsp3) is 0.143. The highest BCUT2D eigenvalue weighted by molar-refractivity contribution is 5.94. The molecule has 0 saturated carbocycles. The number of nitrogens with zero attached hydrogens (tertiary/aromatic N) is 5. The van der Waals surface area contributed by atoms with Gasteiger partial charge in [-0.1, -0.05) is 0 Å². The molecule has 1 amide bonds. The van der Waals surface area contributed by atoms with Gasteiger partial charge in [0.2, 0.25) is 5.88 Å². The zero-order valence-corrected chi connectivity index (χ0v) is 16.9. The average molecular weight is 436 g/mol. The normalized spacial score (nSPS) is 10.8. The van der Waals surface area contributed by atoms with Crippen molar-refractivity contribution < 1.29 is 18.8 Å². The van der Waals surface area contributed by atoms with Crippen LogP contribution in [-0.4, -0.2) is 43.8 Å². The number of aryl methyl sites for hydroxylation is 1. The van der Waals surface area contributed by atoms with Crippen molar-refractivity contribution in [3.05, 3.63) is 81.7 Å². The minimum absolute atomic E-state index is 0.0413. The molecular weight excluding hydrogens is 419 g/mol. The SMILES string of the molecule is Cc1cc(C(=O)NCCOc2ccc3nnc(-c4ccc(F)cc4)n3n2)ccc1[N+](=O)[O-]. The first kappa shape index (κ1) is 20.8. The molecule has 1 N–H and O–H groups in total. The second-order valence-electron chi connectivity index (χ2n) is 6.83. The lowest BCUT2D eigenvalue weighted by molar-refractivity contribution is -0.385. The smallest absolute Gasteiger partial charge is 0.272 e. The number of nitro groups is 1. The lowest BCUT2D eigenvalue weighted by atomic mass is 10.1. The number of rotatable bonds is 7. The van der Waals surface area contributed by atoms with E-state index >= 15 is 0 Å². The van der Waals surface area contributed by atoms with Gasteiger partial charge in [0.15, 0.2) is 11.5 Å². The number of nitrogens with one attached hydrogen (secondary N) is 1. The Labute approximate surface area is 180 Å². The van der Waals surface area contributed by atoms with Crippen molar-refractivity contribution in [3.63, 3.8) is 0 Å². The summed E-state index contributed by atoms with van der Waals surface area (Å²) < 4.78 is 20.3. The minimum atomic E-state index is -0.494. The molecule has 4 aromatic rings. The Balaban J connectivity index is 1.38. The fourth-order valence-corrected chi connectivity index (χ4v) is 3.05. The van der Waals surface area contributed by atoms with Crippen molar-refractivity contribution in [2.45, 2.75) is 6.92 Å². The number of amides is 1. The quantitative estimate of drug-likeness (QED) is 0.268. The number of ether oxygens (including phenoxy) is 1. The van der Waals surface area contributed by atoms with E-state index in [1.807, 2.05) is 0 Å². The molecule has 0 radical (unpaired) electrons. The zero-order valence-electron chi connectivity index (χ0n) is 16.9. The number of aromatic nitrogens is 4. The number of fused-ring (bicyclic) bond motifs is 1. The monoisotopic (exact) mass is 436 g/mol. The van der Waals surface area contributed by atoms with E-state index < -0.39 is 4.92 Å². The third kappa shape index (κ3) is 4.36. The second kappa shape index (κ2) is 8.76. The Kier molecular flexibility index (Phi) is 5.71. The van der Waals surface area contributed by atoms with E-state index in [-0.39, 0.29) is 30.6 Å². The summed E-state index contributed by atoms with van der Waals surface area (Å²) >= 11 is 0. The molecule has 2 heterocycles. The average Bonchev–Trinajstić information content (AvgIpc) is 3.20. The van der Waals surface area contributed by atoms with Crippen LogP contribution < -0.4 is 10.1 Å². The molecule has 10 nitrogen and oxygen atoms in total. The summed E-state index contributed by atoms with van der Waals surface area (Å²) in [5, 5.41) is 26.0. The molecule has 0 unspecified atom stereocenters. The second-order valence-corrected chi connectivity index (χ2v) is 6.83. The maximum Gasteiger partial charge on any atom is 0.272 e. The molecule has 0 aliphatic heterocycles. The van der Waals surface area contributed by atoms with E-state index in [4.69, 9.17) is 4.74 Å². The van der Waals surface area contributed by atoms with E-state index in [0.29, 0.717) is 34.0 Å². The van der Waals surface area contributed by atoms with Crippen molar-refractivity contribution in [1.29, 1.82) is 0 Å². The number of halogens is 1. The lowest BCUT2D eigenvalue weighted by Gasteiger charge is -2.08. The minimum Gasteiger partial charge on any atom is -0.475 e. The van der Waals surface area contributed by atoms with Crippen LogP contribution in [0.15, 0.2) is 54.6 Å². The zero-order chi connectivity index (χ0) is 22.7. The summed E-state index contributed by atoms with van der Waals surface area (Å²) in [5.74, 6) is 0.00582. The summed E-state index contributed by atoms with van der Waals surface area (Å²) in [6.07, 6.45) is 0. The van der Waals surface area contributed by atoms with Gasteiger partial charge in [0, 0.05) is 28.8 Å². The summed E-state index contributed by atoms with van der Waals surface area (Å²) in [7, 11) is 0. The highest BCUT2D eigenvalue weighted by Gasteiger charge is 2.14. The molecule has 0 bridgehead atoms. The van der Waals surface area contributed by atoms with Crippen LogP contribution in [0.2, 0.25) is 0 Å². The molecule has 0 saturated heterocycles. The van der Waals surface area contributed by atoms with Crippen LogP contribution in [0.25, 0.3) is 17.0 Å². The molecule has 162 valence electrons. The highest BCUT2D eigenvalue weighted by Crippen LogP contribution is 2.20. The third-order valence-corrected chi connectivity index (χ3v) is 4.63. The van der Waals surface area contributed by atoms with Crippen molar-refractivity contribution in [2.75, 3.05) is 13.2 Å². The van der Waals surface area contributed by atoms with Gasteiger partial charge in [0.1, 0.15) is 12.4 Å². The van der Waals surface area contributed by atoms with E-state index in [1.54, 1.807) is 31.2 Å². The Hall–Kier alpha value is -4.41. The summed E-state index contributed by atoms with van der Waals surface area (Å²) in [6, 6.07) is 13.3. The van der Waals surface area contributed by atoms with Crippen LogP contribution >= 0.6 is 0 Å². The van der Waals surface area contributed by atoms with Crippen molar-refractivity contribution in [2.24, 2.45) is 0 Å². The van der Waals surface area contributed by atoms with Gasteiger partial charge < -0.3 is 10.1 Å². The predicted molar refractivity (Wildman–Crippen MR) is 112 cm³/mol. The van der Waals surface area contributed by atoms with E-state index in [2.05, 4.69) is 20.6 Å². The predicted octanol–water partition coefficient (Wildman–Crippen LogP) is 2.96. The number of hydrogen-bond donors (Lipinski definition) is 1. The van der Waals surface area contributed by atoms with Crippen molar-refractivity contribution >= 4 is 17.2 Å². The number of carbonyl (C=O) groups excluding carboxylic acids is 1. The maximum absolute atomic E-state index is 13.2. The van der Waals surface area contributed by atoms with Gasteiger partial charge in [0.25, 0.3) is 11.6 Å². The van der Waals surface area contributed by atoms with Gasteiger partial charge in [0.05, 0.1) is 11.5 Å². The van der Waals surface area contributed by atoms with E-state index in [1.165, 1.54) is 34.8 Å². The Bertz CT molecular complexity index is 1310. The summed E-state index contributed by atoms with van der Waals surface area (Å²) in [6.45, 7) is 1.91. The summed E-state index contributed by atoms with van der Waals surface area (Å²) in [5.41, 5.74) is 1.83. The molecule has 0 fully saturated rings. The molecule has 2 aromatic carbocycles. The number of nitro benzene ring substituents is 1. The Morgan fingerprint density at radius 1 is 1.16 bits per heavy atom. The maximum atomic E-state index is 13.2. The van der Waals surface area contributed by atoms with Gasteiger partial charge in [-0.3, -0.25) is 14.9 Å². The molecule has 0 atom stereocenters. The van der Waals surface area contributed by atoms with Crippen molar-refractivity contribution in [1.82, 2.24) is 25.1 Å². The third-order valence-electron chi connectivity index (χ3n) is 4.63. The van der Waals surface area contributed by atoms with Gasteiger partial charge in [-0.25, -0.2) is 4.39 Å². The van der Waals surface area contributed by atoms with E-state index in [9.17, 15) is 19.3 Å². The van der Waals surface area contributed by atoms with Crippen LogP contribution in [0.3, 0.4) is 0 Å².